The largest absolute Gasteiger partial charge is 0.453 e. The minimum absolute atomic E-state index is 0.353. The minimum atomic E-state index is -0.353. The van der Waals surface area contributed by atoms with E-state index in [0.717, 1.165) is 39.2 Å². The first-order valence-electron chi connectivity index (χ1n) is 11.0. The normalized spacial score (nSPS) is 13.1. The van der Waals surface area contributed by atoms with E-state index < -0.39 is 0 Å². The number of hydrogen-bond acceptors (Lipinski definition) is 6. The molecule has 1 amide bonds. The lowest BCUT2D eigenvalue weighted by atomic mass is 10.1. The Morgan fingerprint density at radius 3 is 2.70 bits per heavy atom. The maximum absolute atomic E-state index is 12.2. The summed E-state index contributed by atoms with van der Waals surface area (Å²) in [5, 5.41) is 4.58. The number of benzene rings is 2. The lowest BCUT2D eigenvalue weighted by molar-refractivity contribution is 0.118. The maximum Gasteiger partial charge on any atom is 0.409 e. The number of carbonyl (C=O) groups excluding carboxylic acids is 1. The van der Waals surface area contributed by atoms with Gasteiger partial charge in [-0.2, -0.15) is 4.98 Å². The Kier molecular flexibility index (Phi) is 5.66. The average molecular weight is 443 g/mol. The van der Waals surface area contributed by atoms with Gasteiger partial charge in [-0.1, -0.05) is 48.5 Å². The summed E-state index contributed by atoms with van der Waals surface area (Å²) in [6.45, 7) is 1.93. The van der Waals surface area contributed by atoms with E-state index in [1.807, 2.05) is 41.0 Å². The fraction of sp³-hybridized carbons (Fsp3) is 0.240. The van der Waals surface area contributed by atoms with E-state index in [1.54, 1.807) is 4.90 Å². The quantitative estimate of drug-likeness (QED) is 0.490. The highest BCUT2D eigenvalue weighted by Crippen LogP contribution is 2.28. The molecule has 8 heteroatoms. The zero-order valence-electron chi connectivity index (χ0n) is 18.5. The molecule has 8 nitrogen and oxygen atoms in total. The Balaban J connectivity index is 1.61. The van der Waals surface area contributed by atoms with E-state index in [-0.39, 0.29) is 6.09 Å². The number of carbonyl (C=O) groups is 1. The molecule has 5 rings (SSSR count). The van der Waals surface area contributed by atoms with Gasteiger partial charge in [0.05, 0.1) is 24.9 Å². The van der Waals surface area contributed by atoms with Gasteiger partial charge in [0.25, 0.3) is 0 Å². The molecule has 1 aliphatic heterocycles. The molecule has 0 spiro atoms. The van der Waals surface area contributed by atoms with Gasteiger partial charge in [-0.25, -0.2) is 9.78 Å². The smallest absolute Gasteiger partial charge is 0.409 e. The van der Waals surface area contributed by atoms with Crippen molar-refractivity contribution in [2.75, 3.05) is 19.0 Å². The van der Waals surface area contributed by atoms with Crippen molar-refractivity contribution in [1.29, 1.82) is 0 Å². The predicted molar refractivity (Wildman–Crippen MR) is 127 cm³/mol. The summed E-state index contributed by atoms with van der Waals surface area (Å²) < 4.78 is 6.94. The van der Waals surface area contributed by atoms with Crippen LogP contribution in [0.15, 0.2) is 60.7 Å². The first-order valence-corrected chi connectivity index (χ1v) is 11.0. The Hall–Kier alpha value is -3.91. The second kappa shape index (κ2) is 8.91. The fourth-order valence-electron chi connectivity index (χ4n) is 4.33. The zero-order valence-corrected chi connectivity index (χ0v) is 18.5. The Morgan fingerprint density at radius 2 is 1.91 bits per heavy atom. The molecule has 0 atom stereocenters. The van der Waals surface area contributed by atoms with Crippen molar-refractivity contribution >= 4 is 22.8 Å². The molecule has 168 valence electrons. The van der Waals surface area contributed by atoms with Gasteiger partial charge in [0.15, 0.2) is 0 Å². The van der Waals surface area contributed by atoms with Crippen LogP contribution in [0.5, 0.6) is 0 Å². The van der Waals surface area contributed by atoms with Gasteiger partial charge in [-0.3, -0.25) is 4.57 Å². The van der Waals surface area contributed by atoms with E-state index >= 15 is 0 Å². The first-order chi connectivity index (χ1) is 16.2. The van der Waals surface area contributed by atoms with Crippen LogP contribution in [0, 0.1) is 0 Å². The van der Waals surface area contributed by atoms with Gasteiger partial charge in [0, 0.05) is 36.3 Å². The molecule has 0 bridgehead atoms. The molecule has 1 aliphatic rings. The lowest BCUT2D eigenvalue weighted by Crippen LogP contribution is -2.37. The standard InChI is InChI=1S/C25H26N6O2/c1-33-25(32)30-12-11-20-21(16-30)28-24(29-23(20)27-15-17-7-3-2-4-8-17)31-19(14-26)13-18-9-5-6-10-22(18)31/h2-10,13H,11-12,14-16,26H2,1H3,(H,27,28,29). The predicted octanol–water partition coefficient (Wildman–Crippen LogP) is 3.62. The van der Waals surface area contributed by atoms with Crippen molar-refractivity contribution in [1.82, 2.24) is 19.4 Å². The molecule has 0 saturated carbocycles. The number of para-hydroxylation sites is 1. The number of hydrogen-bond donors (Lipinski definition) is 2. The molecule has 0 radical (unpaired) electrons. The van der Waals surface area contributed by atoms with Crippen molar-refractivity contribution in [2.45, 2.75) is 26.1 Å². The van der Waals surface area contributed by atoms with Gasteiger partial charge < -0.3 is 20.7 Å². The number of aromatic nitrogens is 3. The molecule has 0 saturated heterocycles. The highest BCUT2D eigenvalue weighted by atomic mass is 16.5. The van der Waals surface area contributed by atoms with E-state index in [2.05, 4.69) is 29.6 Å². The summed E-state index contributed by atoms with van der Waals surface area (Å²) in [5.41, 5.74) is 11.0. The van der Waals surface area contributed by atoms with Gasteiger partial charge in [0.1, 0.15) is 5.82 Å². The second-order valence-corrected chi connectivity index (χ2v) is 8.01. The number of nitrogens with two attached hydrogens (primary N) is 1. The zero-order chi connectivity index (χ0) is 22.8. The number of rotatable bonds is 5. The third-order valence-corrected chi connectivity index (χ3v) is 5.99. The van der Waals surface area contributed by atoms with Gasteiger partial charge >= 0.3 is 6.09 Å². The molecule has 2 aromatic carbocycles. The van der Waals surface area contributed by atoms with Crippen molar-refractivity contribution in [3.8, 4) is 5.95 Å². The number of nitrogens with zero attached hydrogens (tertiary/aromatic N) is 4. The van der Waals surface area contributed by atoms with Crippen molar-refractivity contribution in [2.24, 2.45) is 5.73 Å². The number of ether oxygens (including phenoxy) is 1. The minimum Gasteiger partial charge on any atom is -0.453 e. The molecular formula is C25H26N6O2. The fourth-order valence-corrected chi connectivity index (χ4v) is 4.33. The van der Waals surface area contributed by atoms with Crippen LogP contribution in [0.25, 0.3) is 16.9 Å². The molecule has 3 heterocycles. The van der Waals surface area contributed by atoms with Crippen LogP contribution in [-0.2, 0) is 30.8 Å². The van der Waals surface area contributed by atoms with Gasteiger partial charge in [-0.15, -0.1) is 0 Å². The molecular weight excluding hydrogens is 416 g/mol. The topological polar surface area (TPSA) is 98.3 Å². The third kappa shape index (κ3) is 4.01. The van der Waals surface area contributed by atoms with E-state index in [0.29, 0.717) is 38.5 Å². The number of methoxy groups -OCH3 is 1. The summed E-state index contributed by atoms with van der Waals surface area (Å²) in [6, 6.07) is 20.3. The van der Waals surface area contributed by atoms with Crippen LogP contribution in [0.4, 0.5) is 10.6 Å². The molecule has 2 aromatic heterocycles. The Bertz CT molecular complexity index is 1300. The van der Waals surface area contributed by atoms with Crippen LogP contribution in [0.2, 0.25) is 0 Å². The van der Waals surface area contributed by atoms with E-state index in [9.17, 15) is 4.79 Å². The van der Waals surface area contributed by atoms with E-state index in [4.69, 9.17) is 20.4 Å². The average Bonchev–Trinajstić information content (AvgIpc) is 3.25. The van der Waals surface area contributed by atoms with Crippen molar-refractivity contribution in [3.05, 3.63) is 83.2 Å². The Morgan fingerprint density at radius 1 is 1.12 bits per heavy atom. The monoisotopic (exact) mass is 442 g/mol. The van der Waals surface area contributed by atoms with Crippen LogP contribution in [-0.4, -0.2) is 39.2 Å². The van der Waals surface area contributed by atoms with Crippen molar-refractivity contribution in [3.63, 3.8) is 0 Å². The van der Waals surface area contributed by atoms with Gasteiger partial charge in [0.2, 0.25) is 5.95 Å². The Labute approximate surface area is 192 Å². The molecule has 0 aliphatic carbocycles. The SMILES string of the molecule is COC(=O)N1CCc2c(nc(-n3c(CN)cc4ccccc43)nc2NCc2ccccc2)C1. The second-order valence-electron chi connectivity index (χ2n) is 8.01. The highest BCUT2D eigenvalue weighted by molar-refractivity contribution is 5.83. The third-order valence-electron chi connectivity index (χ3n) is 5.99. The maximum atomic E-state index is 12.2. The summed E-state index contributed by atoms with van der Waals surface area (Å²) in [7, 11) is 1.40. The summed E-state index contributed by atoms with van der Waals surface area (Å²) in [5.74, 6) is 1.32. The van der Waals surface area contributed by atoms with Crippen LogP contribution in [0.1, 0.15) is 22.5 Å². The number of anilines is 1. The molecule has 4 aromatic rings. The summed E-state index contributed by atoms with van der Waals surface area (Å²) in [6.07, 6.45) is 0.298. The lowest BCUT2D eigenvalue weighted by Gasteiger charge is -2.28. The number of nitrogens with one attached hydrogen (secondary N) is 1. The van der Waals surface area contributed by atoms with Crippen molar-refractivity contribution < 1.29 is 9.53 Å². The summed E-state index contributed by atoms with van der Waals surface area (Å²) in [4.78, 5) is 23.7. The molecule has 0 fully saturated rings. The number of amides is 1. The van der Waals surface area contributed by atoms with Crippen LogP contribution < -0.4 is 11.1 Å². The van der Waals surface area contributed by atoms with E-state index in [1.165, 1.54) is 7.11 Å². The first kappa shape index (κ1) is 21.0. The van der Waals surface area contributed by atoms with Crippen LogP contribution >= 0.6 is 0 Å². The molecule has 0 unspecified atom stereocenters. The molecule has 33 heavy (non-hydrogen) atoms. The summed E-state index contributed by atoms with van der Waals surface area (Å²) >= 11 is 0. The molecule has 3 N–H and O–H groups in total. The number of fused-ring (bicyclic) bond motifs is 2. The van der Waals surface area contributed by atoms with Gasteiger partial charge in [-0.05, 0) is 24.1 Å². The van der Waals surface area contributed by atoms with Crippen LogP contribution in [0.3, 0.4) is 0 Å². The highest BCUT2D eigenvalue weighted by Gasteiger charge is 2.27.